The van der Waals surface area contributed by atoms with Gasteiger partial charge in [0, 0.05) is 10.6 Å². The maximum atomic E-state index is 11.4. The van der Waals surface area contributed by atoms with Crippen LogP contribution in [0.3, 0.4) is 0 Å². The molecule has 2 N–H and O–H groups in total. The lowest BCUT2D eigenvalue weighted by molar-refractivity contribution is -0.149. The normalized spacial score (nSPS) is 19.0. The predicted molar refractivity (Wildman–Crippen MR) is 86.9 cm³/mol. The van der Waals surface area contributed by atoms with Crippen molar-refractivity contribution in [2.45, 2.75) is 5.41 Å². The predicted octanol–water partition coefficient (Wildman–Crippen LogP) is 1.80. The van der Waals surface area contributed by atoms with Gasteiger partial charge in [0.2, 0.25) is 6.29 Å². The summed E-state index contributed by atoms with van der Waals surface area (Å²) >= 11 is 5.89. The number of para-hydroxylation sites is 1. The maximum Gasteiger partial charge on any atom is 0.395 e. The Labute approximate surface area is 142 Å². The van der Waals surface area contributed by atoms with Crippen LogP contribution < -0.4 is 5.06 Å². The van der Waals surface area contributed by atoms with Crippen LogP contribution in [0.1, 0.15) is 11.1 Å². The zero-order valence-electron chi connectivity index (χ0n) is 12.5. The SMILES string of the molecule is O=CC(=O)ON1CC(CO)(c2ccc(Cl)cc2O)c2ccccc21. The number of carbonyl (C=O) groups is 2. The lowest BCUT2D eigenvalue weighted by Gasteiger charge is -2.29. The van der Waals surface area contributed by atoms with Crippen LogP contribution in [0.5, 0.6) is 5.75 Å². The molecule has 1 unspecified atom stereocenters. The van der Waals surface area contributed by atoms with E-state index >= 15 is 0 Å². The smallest absolute Gasteiger partial charge is 0.395 e. The molecular formula is C17H14ClNO5. The summed E-state index contributed by atoms with van der Waals surface area (Å²) in [5.74, 6) is -1.12. The van der Waals surface area contributed by atoms with E-state index < -0.39 is 11.4 Å². The van der Waals surface area contributed by atoms with E-state index in [0.717, 1.165) is 0 Å². The Bertz CT molecular complexity index is 809. The summed E-state index contributed by atoms with van der Waals surface area (Å²) in [6, 6.07) is 11.6. The first-order chi connectivity index (χ1) is 11.5. The second-order valence-electron chi connectivity index (χ2n) is 5.48. The molecule has 2 aromatic carbocycles. The molecule has 0 aromatic heterocycles. The number of aliphatic hydroxyl groups is 1. The molecule has 3 rings (SSSR count). The van der Waals surface area contributed by atoms with Crippen LogP contribution in [-0.2, 0) is 19.8 Å². The Hall–Kier alpha value is -2.57. The van der Waals surface area contributed by atoms with Crippen LogP contribution in [0.2, 0.25) is 5.02 Å². The van der Waals surface area contributed by atoms with Gasteiger partial charge in [0.1, 0.15) is 5.75 Å². The number of hydrogen-bond donors (Lipinski definition) is 2. The second-order valence-corrected chi connectivity index (χ2v) is 5.92. The molecule has 1 atom stereocenters. The first-order valence-electron chi connectivity index (χ1n) is 7.16. The van der Waals surface area contributed by atoms with Crippen molar-refractivity contribution in [2.75, 3.05) is 18.2 Å². The van der Waals surface area contributed by atoms with E-state index in [2.05, 4.69) is 0 Å². The average Bonchev–Trinajstić information content (AvgIpc) is 2.90. The fraction of sp³-hybridized carbons (Fsp3) is 0.176. The molecule has 0 spiro atoms. The largest absolute Gasteiger partial charge is 0.508 e. The highest BCUT2D eigenvalue weighted by Crippen LogP contribution is 2.47. The molecule has 24 heavy (non-hydrogen) atoms. The molecule has 0 saturated carbocycles. The van der Waals surface area contributed by atoms with Crippen molar-refractivity contribution < 1.29 is 24.6 Å². The lowest BCUT2D eigenvalue weighted by Crippen LogP contribution is -2.39. The van der Waals surface area contributed by atoms with E-state index in [1.807, 2.05) is 0 Å². The summed E-state index contributed by atoms with van der Waals surface area (Å²) in [5, 5.41) is 22.1. The minimum absolute atomic E-state index is 0.0532. The fourth-order valence-corrected chi connectivity index (χ4v) is 3.25. The summed E-state index contributed by atoms with van der Waals surface area (Å²) in [6.07, 6.45) is 0.0708. The number of anilines is 1. The number of phenolic OH excluding ortho intramolecular Hbond substituents is 1. The number of aromatic hydroxyl groups is 1. The van der Waals surface area contributed by atoms with Gasteiger partial charge in [0.15, 0.2) is 0 Å². The minimum atomic E-state index is -1.04. The Morgan fingerprint density at radius 1 is 1.29 bits per heavy atom. The van der Waals surface area contributed by atoms with Gasteiger partial charge in [-0.15, -0.1) is 0 Å². The molecule has 0 fully saturated rings. The number of rotatable bonds is 4. The number of phenols is 1. The molecule has 1 aliphatic rings. The van der Waals surface area contributed by atoms with Crippen LogP contribution in [-0.4, -0.2) is 35.6 Å². The third-order valence-electron chi connectivity index (χ3n) is 4.14. The highest BCUT2D eigenvalue weighted by Gasteiger charge is 2.46. The number of benzene rings is 2. The molecule has 0 bridgehead atoms. The Kier molecular flexibility index (Phi) is 4.17. The first kappa shape index (κ1) is 16.3. The summed E-state index contributed by atoms with van der Waals surface area (Å²) < 4.78 is 0. The molecule has 124 valence electrons. The van der Waals surface area contributed by atoms with Crippen molar-refractivity contribution in [2.24, 2.45) is 0 Å². The van der Waals surface area contributed by atoms with E-state index in [1.54, 1.807) is 36.4 Å². The van der Waals surface area contributed by atoms with Crippen molar-refractivity contribution in [1.82, 2.24) is 0 Å². The Morgan fingerprint density at radius 3 is 2.71 bits per heavy atom. The van der Waals surface area contributed by atoms with Gasteiger partial charge in [-0.05, 0) is 23.8 Å². The highest BCUT2D eigenvalue weighted by molar-refractivity contribution is 6.30. The monoisotopic (exact) mass is 347 g/mol. The Morgan fingerprint density at radius 2 is 2.04 bits per heavy atom. The van der Waals surface area contributed by atoms with E-state index in [1.165, 1.54) is 11.1 Å². The molecule has 7 heteroatoms. The number of aliphatic hydroxyl groups excluding tert-OH is 1. The molecule has 2 aromatic rings. The molecule has 1 heterocycles. The van der Waals surface area contributed by atoms with Crippen molar-refractivity contribution in [3.63, 3.8) is 0 Å². The van der Waals surface area contributed by atoms with Gasteiger partial charge in [0.05, 0.1) is 24.3 Å². The lowest BCUT2D eigenvalue weighted by atomic mass is 9.76. The standard InChI is InChI=1S/C17H14ClNO5/c18-11-5-6-13(15(22)7-11)17(10-21)9-19(24-16(23)8-20)14-4-2-1-3-12(14)17/h1-8,21-22H,9-10H2. The van der Waals surface area contributed by atoms with Gasteiger partial charge in [-0.1, -0.05) is 35.9 Å². The van der Waals surface area contributed by atoms with Gasteiger partial charge < -0.3 is 15.1 Å². The quantitative estimate of drug-likeness (QED) is 0.648. The fourth-order valence-electron chi connectivity index (χ4n) is 3.08. The van der Waals surface area contributed by atoms with Crippen LogP contribution >= 0.6 is 11.6 Å². The summed E-state index contributed by atoms with van der Waals surface area (Å²) in [5.41, 5.74) is 0.639. The third-order valence-corrected chi connectivity index (χ3v) is 4.38. The Balaban J connectivity index is 2.15. The molecule has 6 nitrogen and oxygen atoms in total. The molecule has 0 saturated heterocycles. The van der Waals surface area contributed by atoms with Crippen molar-refractivity contribution in [3.05, 3.63) is 58.6 Å². The molecule has 0 aliphatic carbocycles. The summed E-state index contributed by atoms with van der Waals surface area (Å²) in [4.78, 5) is 27.0. The van der Waals surface area contributed by atoms with Crippen molar-refractivity contribution in [1.29, 1.82) is 0 Å². The number of aldehydes is 1. The highest BCUT2D eigenvalue weighted by atomic mass is 35.5. The topological polar surface area (TPSA) is 87.1 Å². The summed E-state index contributed by atoms with van der Waals surface area (Å²) in [6.45, 7) is -0.286. The van der Waals surface area contributed by atoms with Gasteiger partial charge >= 0.3 is 5.97 Å². The van der Waals surface area contributed by atoms with E-state index in [0.29, 0.717) is 21.8 Å². The molecule has 0 amide bonds. The number of nitrogens with zero attached hydrogens (tertiary/aromatic N) is 1. The van der Waals surface area contributed by atoms with E-state index in [4.69, 9.17) is 16.4 Å². The van der Waals surface area contributed by atoms with Gasteiger partial charge in [-0.2, -0.15) is 0 Å². The average molecular weight is 348 g/mol. The minimum Gasteiger partial charge on any atom is -0.508 e. The number of halogens is 1. The zero-order valence-corrected chi connectivity index (χ0v) is 13.2. The van der Waals surface area contributed by atoms with Crippen LogP contribution in [0.15, 0.2) is 42.5 Å². The number of hydroxylamine groups is 1. The van der Waals surface area contributed by atoms with Crippen molar-refractivity contribution >= 4 is 29.5 Å². The number of fused-ring (bicyclic) bond motifs is 1. The van der Waals surface area contributed by atoms with Crippen LogP contribution in [0, 0.1) is 0 Å². The van der Waals surface area contributed by atoms with Crippen LogP contribution in [0.4, 0.5) is 5.69 Å². The van der Waals surface area contributed by atoms with Gasteiger partial charge in [-0.25, -0.2) is 9.86 Å². The molecular weight excluding hydrogens is 334 g/mol. The van der Waals surface area contributed by atoms with E-state index in [-0.39, 0.29) is 25.2 Å². The number of hydrogen-bond acceptors (Lipinski definition) is 6. The second kappa shape index (κ2) is 6.14. The van der Waals surface area contributed by atoms with Gasteiger partial charge in [-0.3, -0.25) is 4.79 Å². The zero-order chi connectivity index (χ0) is 17.3. The summed E-state index contributed by atoms with van der Waals surface area (Å²) in [7, 11) is 0. The van der Waals surface area contributed by atoms with Crippen LogP contribution in [0.25, 0.3) is 0 Å². The first-order valence-corrected chi connectivity index (χ1v) is 7.53. The maximum absolute atomic E-state index is 11.4. The molecule has 0 radical (unpaired) electrons. The molecule has 1 aliphatic heterocycles. The van der Waals surface area contributed by atoms with E-state index in [9.17, 15) is 19.8 Å². The van der Waals surface area contributed by atoms with Crippen molar-refractivity contribution in [3.8, 4) is 5.75 Å². The number of carbonyl (C=O) groups excluding carboxylic acids is 2. The van der Waals surface area contributed by atoms with Gasteiger partial charge in [0.25, 0.3) is 0 Å². The third kappa shape index (κ3) is 2.50.